The Morgan fingerprint density at radius 1 is 1.12 bits per heavy atom. The molecule has 0 amide bonds. The standard InChI is InChI=1S/C9H16N2.C3H4N2/c1-2-5-9-10-6-4-8-11(9)7-3-1;1-2-5-3-4-1/h1-8H2;1-3H,(H,4,5). The maximum Gasteiger partial charge on any atom is 0.0988 e. The minimum atomic E-state index is 1.08. The summed E-state index contributed by atoms with van der Waals surface area (Å²) in [5.74, 6) is 1.40. The van der Waals surface area contributed by atoms with Crippen LogP contribution in [0, 0.1) is 0 Å². The third-order valence-corrected chi connectivity index (χ3v) is 2.98. The molecule has 0 aliphatic carbocycles. The molecule has 0 spiro atoms. The van der Waals surface area contributed by atoms with Crippen molar-refractivity contribution in [2.45, 2.75) is 32.1 Å². The quantitative estimate of drug-likeness (QED) is 0.727. The van der Waals surface area contributed by atoms with E-state index in [1.165, 1.54) is 51.0 Å². The zero-order valence-corrected chi connectivity index (χ0v) is 9.73. The Morgan fingerprint density at radius 3 is 2.81 bits per heavy atom. The lowest BCUT2D eigenvalue weighted by molar-refractivity contribution is 0.391. The van der Waals surface area contributed by atoms with Crippen LogP contribution in [-0.2, 0) is 0 Å². The van der Waals surface area contributed by atoms with Crippen LogP contribution in [0.4, 0.5) is 0 Å². The van der Waals surface area contributed by atoms with Gasteiger partial charge < -0.3 is 9.88 Å². The van der Waals surface area contributed by atoms with E-state index >= 15 is 0 Å². The molecule has 16 heavy (non-hydrogen) atoms. The Kier molecular flexibility index (Phi) is 4.40. The number of hydrogen-bond acceptors (Lipinski definition) is 3. The van der Waals surface area contributed by atoms with Crippen LogP contribution in [0.2, 0.25) is 0 Å². The van der Waals surface area contributed by atoms with Gasteiger partial charge in [-0.1, -0.05) is 6.42 Å². The Hall–Kier alpha value is -1.32. The number of aromatic amines is 1. The van der Waals surface area contributed by atoms with Crippen molar-refractivity contribution in [3.8, 4) is 0 Å². The van der Waals surface area contributed by atoms with Gasteiger partial charge in [0.2, 0.25) is 0 Å². The molecule has 3 heterocycles. The maximum atomic E-state index is 4.55. The topological polar surface area (TPSA) is 44.3 Å². The van der Waals surface area contributed by atoms with Crippen molar-refractivity contribution in [3.63, 3.8) is 0 Å². The molecule has 0 radical (unpaired) electrons. The summed E-state index contributed by atoms with van der Waals surface area (Å²) in [4.78, 5) is 13.5. The molecule has 1 aromatic rings. The second-order valence-electron chi connectivity index (χ2n) is 4.21. The zero-order chi connectivity index (χ0) is 11.1. The Bertz CT molecular complexity index is 288. The molecule has 4 heteroatoms. The Labute approximate surface area is 96.8 Å². The van der Waals surface area contributed by atoms with E-state index in [2.05, 4.69) is 19.9 Å². The van der Waals surface area contributed by atoms with E-state index in [0.29, 0.717) is 0 Å². The number of nitrogens with one attached hydrogen (secondary N) is 1. The van der Waals surface area contributed by atoms with Gasteiger partial charge in [0.05, 0.1) is 12.2 Å². The first-order chi connectivity index (χ1) is 7.97. The van der Waals surface area contributed by atoms with Gasteiger partial charge in [-0.2, -0.15) is 0 Å². The summed E-state index contributed by atoms with van der Waals surface area (Å²) >= 11 is 0. The average molecular weight is 220 g/mol. The number of aliphatic imine (C=N–C) groups is 1. The lowest BCUT2D eigenvalue weighted by atomic mass is 10.2. The van der Waals surface area contributed by atoms with Crippen LogP contribution in [0.15, 0.2) is 23.7 Å². The summed E-state index contributed by atoms with van der Waals surface area (Å²) in [7, 11) is 0. The number of aromatic nitrogens is 2. The van der Waals surface area contributed by atoms with Crippen LogP contribution in [-0.4, -0.2) is 40.3 Å². The van der Waals surface area contributed by atoms with E-state index < -0.39 is 0 Å². The molecule has 0 unspecified atom stereocenters. The van der Waals surface area contributed by atoms with Crippen molar-refractivity contribution in [3.05, 3.63) is 18.7 Å². The lowest BCUT2D eigenvalue weighted by Crippen LogP contribution is -2.34. The SMILES string of the molecule is C1CCC2=NCCCN2CC1.c1c[nH]cn1. The number of fused-ring (bicyclic) bond motifs is 1. The van der Waals surface area contributed by atoms with E-state index in [1.54, 1.807) is 18.7 Å². The smallest absolute Gasteiger partial charge is 0.0988 e. The predicted octanol–water partition coefficient (Wildman–Crippen LogP) is 2.07. The first-order valence-electron chi connectivity index (χ1n) is 6.18. The van der Waals surface area contributed by atoms with Gasteiger partial charge in [0.25, 0.3) is 0 Å². The van der Waals surface area contributed by atoms with Crippen molar-refractivity contribution in [2.75, 3.05) is 19.6 Å². The Morgan fingerprint density at radius 2 is 2.06 bits per heavy atom. The van der Waals surface area contributed by atoms with Gasteiger partial charge in [-0.15, -0.1) is 0 Å². The van der Waals surface area contributed by atoms with Gasteiger partial charge in [0.1, 0.15) is 0 Å². The molecule has 3 rings (SSSR count). The highest BCUT2D eigenvalue weighted by atomic mass is 15.2. The van der Waals surface area contributed by atoms with Crippen molar-refractivity contribution >= 4 is 5.84 Å². The fraction of sp³-hybridized carbons (Fsp3) is 0.667. The number of rotatable bonds is 0. The zero-order valence-electron chi connectivity index (χ0n) is 9.73. The van der Waals surface area contributed by atoms with E-state index in [-0.39, 0.29) is 0 Å². The first-order valence-corrected chi connectivity index (χ1v) is 6.18. The molecule has 0 saturated carbocycles. The highest BCUT2D eigenvalue weighted by molar-refractivity contribution is 5.83. The molecule has 2 aliphatic rings. The molecule has 1 aromatic heterocycles. The lowest BCUT2D eigenvalue weighted by Gasteiger charge is -2.27. The van der Waals surface area contributed by atoms with Crippen LogP contribution in [0.5, 0.6) is 0 Å². The molecule has 1 N–H and O–H groups in total. The summed E-state index contributed by atoms with van der Waals surface area (Å²) in [5, 5.41) is 0. The van der Waals surface area contributed by atoms with Crippen molar-refractivity contribution in [2.24, 2.45) is 4.99 Å². The number of H-pyrrole nitrogens is 1. The van der Waals surface area contributed by atoms with Crippen LogP contribution in [0.25, 0.3) is 0 Å². The second kappa shape index (κ2) is 6.30. The highest BCUT2D eigenvalue weighted by Crippen LogP contribution is 2.15. The minimum Gasteiger partial charge on any atom is -0.360 e. The number of imidazole rings is 1. The first kappa shape index (κ1) is 11.2. The number of nitrogens with zero attached hydrogens (tertiary/aromatic N) is 3. The maximum absolute atomic E-state index is 4.55. The molecule has 4 nitrogen and oxygen atoms in total. The molecule has 1 saturated heterocycles. The van der Waals surface area contributed by atoms with Gasteiger partial charge in [-0.3, -0.25) is 4.99 Å². The fourth-order valence-corrected chi connectivity index (χ4v) is 2.15. The van der Waals surface area contributed by atoms with Gasteiger partial charge in [0.15, 0.2) is 0 Å². The van der Waals surface area contributed by atoms with Crippen LogP contribution >= 0.6 is 0 Å². The van der Waals surface area contributed by atoms with Gasteiger partial charge >= 0.3 is 0 Å². The van der Waals surface area contributed by atoms with Crippen LogP contribution in [0.1, 0.15) is 32.1 Å². The van der Waals surface area contributed by atoms with Crippen LogP contribution in [0.3, 0.4) is 0 Å². The molecule has 2 aliphatic heterocycles. The number of hydrogen-bond donors (Lipinski definition) is 1. The number of amidine groups is 1. The molecule has 0 aromatic carbocycles. The van der Waals surface area contributed by atoms with Gasteiger partial charge in [-0.25, -0.2) is 4.98 Å². The molecular formula is C12H20N4. The third kappa shape index (κ3) is 3.36. The summed E-state index contributed by atoms with van der Waals surface area (Å²) in [6, 6.07) is 0. The van der Waals surface area contributed by atoms with Gasteiger partial charge in [0, 0.05) is 38.4 Å². The molecule has 0 atom stereocenters. The third-order valence-electron chi connectivity index (χ3n) is 2.98. The summed E-state index contributed by atoms with van der Waals surface area (Å²) in [5.41, 5.74) is 0. The van der Waals surface area contributed by atoms with E-state index in [9.17, 15) is 0 Å². The van der Waals surface area contributed by atoms with Crippen molar-refractivity contribution in [1.29, 1.82) is 0 Å². The summed E-state index contributed by atoms with van der Waals surface area (Å²) < 4.78 is 0. The van der Waals surface area contributed by atoms with Crippen molar-refractivity contribution in [1.82, 2.24) is 14.9 Å². The van der Waals surface area contributed by atoms with E-state index in [1.807, 2.05) is 0 Å². The molecule has 0 bridgehead atoms. The van der Waals surface area contributed by atoms with E-state index in [0.717, 1.165) is 6.54 Å². The molecule has 88 valence electrons. The average Bonchev–Trinajstić information content (AvgIpc) is 2.81. The molecule has 1 fully saturated rings. The second-order valence-corrected chi connectivity index (χ2v) is 4.21. The monoisotopic (exact) mass is 220 g/mol. The normalized spacial score (nSPS) is 20.0. The largest absolute Gasteiger partial charge is 0.360 e. The summed E-state index contributed by atoms with van der Waals surface area (Å²) in [6.45, 7) is 3.60. The highest BCUT2D eigenvalue weighted by Gasteiger charge is 2.16. The van der Waals surface area contributed by atoms with Crippen LogP contribution < -0.4 is 0 Å². The molecular weight excluding hydrogens is 200 g/mol. The fourth-order valence-electron chi connectivity index (χ4n) is 2.15. The van der Waals surface area contributed by atoms with Crippen molar-refractivity contribution < 1.29 is 0 Å². The summed E-state index contributed by atoms with van der Waals surface area (Å²) in [6.07, 6.45) is 11.7. The minimum absolute atomic E-state index is 1.08. The predicted molar refractivity (Wildman–Crippen MR) is 65.5 cm³/mol. The Balaban J connectivity index is 0.000000162. The van der Waals surface area contributed by atoms with E-state index in [4.69, 9.17) is 0 Å². The van der Waals surface area contributed by atoms with Gasteiger partial charge in [-0.05, 0) is 19.3 Å².